The highest BCUT2D eigenvalue weighted by Gasteiger charge is 2.15. The van der Waals surface area contributed by atoms with Gasteiger partial charge >= 0.3 is 0 Å². The van der Waals surface area contributed by atoms with Crippen molar-refractivity contribution in [3.8, 4) is 11.5 Å². The summed E-state index contributed by atoms with van der Waals surface area (Å²) < 4.78 is 34.4. The van der Waals surface area contributed by atoms with Crippen LogP contribution >= 0.6 is 11.6 Å². The van der Waals surface area contributed by atoms with Crippen LogP contribution in [0.1, 0.15) is 12.0 Å². The van der Waals surface area contributed by atoms with Crippen LogP contribution in [0.2, 0.25) is 5.02 Å². The van der Waals surface area contributed by atoms with Crippen LogP contribution in [0.3, 0.4) is 0 Å². The van der Waals surface area contributed by atoms with E-state index in [0.717, 1.165) is 12.7 Å². The number of fused-ring (bicyclic) bond motifs is 1. The van der Waals surface area contributed by atoms with Gasteiger partial charge in [-0.15, -0.1) is 0 Å². The number of carbonyl (C=O) groups is 1. The second kappa shape index (κ2) is 8.02. The van der Waals surface area contributed by atoms with Gasteiger partial charge in [0, 0.05) is 24.4 Å². The van der Waals surface area contributed by atoms with Crippen molar-refractivity contribution in [2.45, 2.75) is 11.3 Å². The number of nitrogens with one attached hydrogen (secondary N) is 1. The van der Waals surface area contributed by atoms with Crippen molar-refractivity contribution in [2.24, 2.45) is 0 Å². The van der Waals surface area contributed by atoms with E-state index in [1.165, 1.54) is 18.2 Å². The van der Waals surface area contributed by atoms with Gasteiger partial charge in [0.05, 0.1) is 23.1 Å². The van der Waals surface area contributed by atoms with E-state index >= 15 is 0 Å². The number of halogens is 1. The third-order valence-electron chi connectivity index (χ3n) is 3.78. The molecule has 0 fully saturated rings. The van der Waals surface area contributed by atoms with Gasteiger partial charge in [-0.3, -0.25) is 4.79 Å². The molecule has 2 aromatic carbocycles. The molecular weight excluding hydrogens is 390 g/mol. The number of rotatable bonds is 4. The summed E-state index contributed by atoms with van der Waals surface area (Å²) in [5.41, 5.74) is 1.08. The number of carbonyl (C=O) groups excluding carboxylic acids is 1. The van der Waals surface area contributed by atoms with E-state index in [0.29, 0.717) is 41.0 Å². The Morgan fingerprint density at radius 1 is 1.19 bits per heavy atom. The Bertz CT molecular complexity index is 1000. The lowest BCUT2D eigenvalue weighted by Crippen LogP contribution is -2.08. The van der Waals surface area contributed by atoms with Gasteiger partial charge in [0.1, 0.15) is 0 Å². The van der Waals surface area contributed by atoms with Crippen molar-refractivity contribution in [1.82, 2.24) is 0 Å². The standard InChI is InChI=1S/C19H18ClNO5S/c1-27(23,24)15-5-2-4-14(12-15)21-18(22)7-6-13-10-16(20)19-17(11-13)25-8-3-9-26-19/h2,4-7,10-12H,3,8-9H2,1H3,(H,21,22)/b7-6+. The average molecular weight is 408 g/mol. The van der Waals surface area contributed by atoms with Crippen LogP contribution in [0.25, 0.3) is 6.08 Å². The van der Waals surface area contributed by atoms with Gasteiger partial charge in [-0.2, -0.15) is 0 Å². The second-order valence-corrected chi connectivity index (χ2v) is 8.43. The molecule has 0 aromatic heterocycles. The first-order valence-electron chi connectivity index (χ1n) is 8.21. The zero-order valence-corrected chi connectivity index (χ0v) is 16.1. The lowest BCUT2D eigenvalue weighted by atomic mass is 10.2. The van der Waals surface area contributed by atoms with Gasteiger partial charge in [-0.25, -0.2) is 8.42 Å². The lowest BCUT2D eigenvalue weighted by molar-refractivity contribution is -0.111. The molecule has 0 unspecified atom stereocenters. The molecule has 1 aliphatic rings. The van der Waals surface area contributed by atoms with Gasteiger partial charge in [0.15, 0.2) is 21.3 Å². The summed E-state index contributed by atoms with van der Waals surface area (Å²) in [6.07, 6.45) is 4.81. The normalized spacial score (nSPS) is 14.0. The van der Waals surface area contributed by atoms with Gasteiger partial charge < -0.3 is 14.8 Å². The first kappa shape index (κ1) is 19.3. The number of ether oxygens (including phenoxy) is 2. The van der Waals surface area contributed by atoms with Crippen LogP contribution < -0.4 is 14.8 Å². The highest BCUT2D eigenvalue weighted by atomic mass is 35.5. The molecule has 142 valence electrons. The number of sulfone groups is 1. The second-order valence-electron chi connectivity index (χ2n) is 6.00. The van der Waals surface area contributed by atoms with Crippen LogP contribution in [0.15, 0.2) is 47.4 Å². The van der Waals surface area contributed by atoms with Crippen molar-refractivity contribution in [1.29, 1.82) is 0 Å². The Hall–Kier alpha value is -2.51. The van der Waals surface area contributed by atoms with Crippen LogP contribution in [0, 0.1) is 0 Å². The van der Waals surface area contributed by atoms with E-state index in [4.69, 9.17) is 21.1 Å². The molecule has 1 amide bonds. The number of hydrogen-bond acceptors (Lipinski definition) is 5. The number of anilines is 1. The molecule has 3 rings (SSSR count). The highest BCUT2D eigenvalue weighted by molar-refractivity contribution is 7.90. The zero-order valence-electron chi connectivity index (χ0n) is 14.6. The van der Waals surface area contributed by atoms with E-state index in [-0.39, 0.29) is 4.90 Å². The minimum Gasteiger partial charge on any atom is -0.489 e. The Kier molecular flexibility index (Phi) is 5.72. The SMILES string of the molecule is CS(=O)(=O)c1cccc(NC(=O)/C=C/c2cc(Cl)c3c(c2)OCCCO3)c1. The van der Waals surface area contributed by atoms with Crippen molar-refractivity contribution in [3.63, 3.8) is 0 Å². The molecule has 0 spiro atoms. The predicted octanol–water partition coefficient (Wildman–Crippen LogP) is 3.56. The average Bonchev–Trinajstić information content (AvgIpc) is 2.85. The molecule has 0 aliphatic carbocycles. The minimum atomic E-state index is -3.34. The third kappa shape index (κ3) is 5.02. The summed E-state index contributed by atoms with van der Waals surface area (Å²) in [6.45, 7) is 1.07. The molecule has 1 N–H and O–H groups in total. The molecule has 1 heterocycles. The quantitative estimate of drug-likeness (QED) is 0.783. The van der Waals surface area contributed by atoms with Crippen LogP contribution in [-0.2, 0) is 14.6 Å². The monoisotopic (exact) mass is 407 g/mol. The molecule has 1 aliphatic heterocycles. The molecule has 2 aromatic rings. The predicted molar refractivity (Wildman–Crippen MR) is 104 cm³/mol. The van der Waals surface area contributed by atoms with Gasteiger partial charge in [-0.05, 0) is 42.0 Å². The van der Waals surface area contributed by atoms with Gasteiger partial charge in [0.2, 0.25) is 5.91 Å². The molecule has 27 heavy (non-hydrogen) atoms. The number of benzene rings is 2. The summed E-state index contributed by atoms with van der Waals surface area (Å²) in [6, 6.07) is 9.50. The van der Waals surface area contributed by atoms with E-state index < -0.39 is 15.7 Å². The Morgan fingerprint density at radius 3 is 2.74 bits per heavy atom. The third-order valence-corrected chi connectivity index (χ3v) is 5.17. The van der Waals surface area contributed by atoms with E-state index in [1.807, 2.05) is 0 Å². The Balaban J connectivity index is 1.74. The van der Waals surface area contributed by atoms with Crippen molar-refractivity contribution in [3.05, 3.63) is 53.1 Å². The number of hydrogen-bond donors (Lipinski definition) is 1. The van der Waals surface area contributed by atoms with E-state index in [1.54, 1.807) is 30.3 Å². The van der Waals surface area contributed by atoms with Gasteiger partial charge in [0.25, 0.3) is 0 Å². The van der Waals surface area contributed by atoms with E-state index in [2.05, 4.69) is 5.32 Å². The topological polar surface area (TPSA) is 81.7 Å². The summed E-state index contributed by atoms with van der Waals surface area (Å²) in [4.78, 5) is 12.3. The molecule has 0 saturated heterocycles. The van der Waals surface area contributed by atoms with E-state index in [9.17, 15) is 13.2 Å². The molecule has 8 heteroatoms. The largest absolute Gasteiger partial charge is 0.489 e. The Morgan fingerprint density at radius 2 is 1.96 bits per heavy atom. The first-order valence-corrected chi connectivity index (χ1v) is 10.5. The molecule has 0 saturated carbocycles. The number of amides is 1. The van der Waals surface area contributed by atoms with Crippen LogP contribution in [0.5, 0.6) is 11.5 Å². The molecular formula is C19H18ClNO5S. The molecule has 0 radical (unpaired) electrons. The fourth-order valence-electron chi connectivity index (χ4n) is 2.51. The summed E-state index contributed by atoms with van der Waals surface area (Å²) in [7, 11) is -3.34. The fourth-order valence-corrected chi connectivity index (χ4v) is 3.45. The molecule has 6 nitrogen and oxygen atoms in total. The fraction of sp³-hybridized carbons (Fsp3) is 0.211. The Labute approximate surface area is 162 Å². The van der Waals surface area contributed by atoms with Crippen LogP contribution in [-0.4, -0.2) is 33.8 Å². The van der Waals surface area contributed by atoms with Crippen LogP contribution in [0.4, 0.5) is 5.69 Å². The summed E-state index contributed by atoms with van der Waals surface area (Å²) in [5, 5.41) is 3.04. The zero-order chi connectivity index (χ0) is 19.4. The molecule has 0 atom stereocenters. The minimum absolute atomic E-state index is 0.138. The van der Waals surface area contributed by atoms with Crippen molar-refractivity contribution in [2.75, 3.05) is 24.8 Å². The smallest absolute Gasteiger partial charge is 0.248 e. The van der Waals surface area contributed by atoms with Crippen molar-refractivity contribution >= 4 is 39.1 Å². The summed E-state index contributed by atoms with van der Waals surface area (Å²) in [5.74, 6) is 0.651. The first-order chi connectivity index (χ1) is 12.8. The van der Waals surface area contributed by atoms with Gasteiger partial charge in [-0.1, -0.05) is 17.7 Å². The maximum Gasteiger partial charge on any atom is 0.248 e. The molecule has 0 bridgehead atoms. The maximum absolute atomic E-state index is 12.1. The lowest BCUT2D eigenvalue weighted by Gasteiger charge is -2.10. The maximum atomic E-state index is 12.1. The van der Waals surface area contributed by atoms with Crippen molar-refractivity contribution < 1.29 is 22.7 Å². The highest BCUT2D eigenvalue weighted by Crippen LogP contribution is 2.38. The summed E-state index contributed by atoms with van der Waals surface area (Å²) >= 11 is 6.23.